The number of rotatable bonds is 3. The molecule has 0 N–H and O–H groups in total. The van der Waals surface area contributed by atoms with Gasteiger partial charge in [0, 0.05) is 5.92 Å². The number of allylic oxidation sites excluding steroid dienone is 2. The van der Waals surface area contributed by atoms with E-state index in [1.807, 2.05) is 0 Å². The van der Waals surface area contributed by atoms with E-state index < -0.39 is 0 Å². The van der Waals surface area contributed by atoms with Crippen molar-refractivity contribution in [3.8, 4) is 0 Å². The molecule has 0 aliphatic heterocycles. The lowest BCUT2D eigenvalue weighted by molar-refractivity contribution is -0.118. The van der Waals surface area contributed by atoms with E-state index in [1.54, 1.807) is 5.57 Å². The van der Waals surface area contributed by atoms with Crippen molar-refractivity contribution in [2.24, 2.45) is 11.8 Å². The fourth-order valence-electron chi connectivity index (χ4n) is 3.22. The normalized spacial score (nSPS) is 30.9. The number of hydrogen-bond acceptors (Lipinski definition) is 1. The van der Waals surface area contributed by atoms with Gasteiger partial charge in [-0.15, -0.1) is 0 Å². The third kappa shape index (κ3) is 1.89. The van der Waals surface area contributed by atoms with Gasteiger partial charge in [0.1, 0.15) is 0 Å². The molecule has 1 heteroatoms. The summed E-state index contributed by atoms with van der Waals surface area (Å²) >= 11 is 0. The number of carbonyl (C=O) groups is 1. The van der Waals surface area contributed by atoms with Crippen LogP contribution in [-0.2, 0) is 4.79 Å². The Labute approximate surface area is 92.9 Å². The van der Waals surface area contributed by atoms with Crippen LogP contribution in [0.1, 0.15) is 58.8 Å². The van der Waals surface area contributed by atoms with Crippen LogP contribution >= 0.6 is 0 Å². The van der Waals surface area contributed by atoms with E-state index in [4.69, 9.17) is 0 Å². The number of hydrogen-bond donors (Lipinski definition) is 0. The molecule has 1 fully saturated rings. The van der Waals surface area contributed by atoms with E-state index in [-0.39, 0.29) is 0 Å². The van der Waals surface area contributed by atoms with Crippen LogP contribution in [0, 0.1) is 11.8 Å². The van der Waals surface area contributed by atoms with Gasteiger partial charge in [-0.25, -0.2) is 0 Å². The Balaban J connectivity index is 2.19. The fraction of sp³-hybridized carbons (Fsp3) is 0.786. The largest absolute Gasteiger partial charge is 0.294 e. The Kier molecular flexibility index (Phi) is 3.28. The third-order valence-corrected chi connectivity index (χ3v) is 4.14. The molecule has 0 bridgehead atoms. The highest BCUT2D eigenvalue weighted by Crippen LogP contribution is 2.44. The van der Waals surface area contributed by atoms with Gasteiger partial charge in [0.05, 0.1) is 0 Å². The first kappa shape index (κ1) is 10.9. The Morgan fingerprint density at radius 1 is 1.33 bits per heavy atom. The van der Waals surface area contributed by atoms with E-state index in [0.717, 1.165) is 6.42 Å². The minimum Gasteiger partial charge on any atom is -0.294 e. The van der Waals surface area contributed by atoms with Crippen molar-refractivity contribution in [3.63, 3.8) is 0 Å². The Hall–Kier alpha value is -0.590. The molecule has 0 heterocycles. The summed E-state index contributed by atoms with van der Waals surface area (Å²) in [5.41, 5.74) is 2.78. The SMILES string of the molecule is CCCCC1=C2CCCCC2C(C)C1=O. The van der Waals surface area contributed by atoms with Crippen LogP contribution in [0.3, 0.4) is 0 Å². The molecular formula is C14H22O. The maximum atomic E-state index is 12.1. The molecule has 2 unspecified atom stereocenters. The minimum absolute atomic E-state index is 0.298. The summed E-state index contributed by atoms with van der Waals surface area (Å²) < 4.78 is 0. The average molecular weight is 206 g/mol. The molecule has 15 heavy (non-hydrogen) atoms. The average Bonchev–Trinajstić information content (AvgIpc) is 2.51. The lowest BCUT2D eigenvalue weighted by Gasteiger charge is -2.23. The maximum absolute atomic E-state index is 12.1. The predicted octanol–water partition coefficient (Wildman–Crippen LogP) is 3.88. The summed E-state index contributed by atoms with van der Waals surface area (Å²) in [6.07, 6.45) is 8.53. The molecule has 0 aromatic heterocycles. The van der Waals surface area contributed by atoms with Crippen molar-refractivity contribution < 1.29 is 4.79 Å². The smallest absolute Gasteiger partial charge is 0.162 e. The highest BCUT2D eigenvalue weighted by molar-refractivity contribution is 6.00. The van der Waals surface area contributed by atoms with Crippen molar-refractivity contribution in [2.75, 3.05) is 0 Å². The molecule has 0 aromatic rings. The summed E-state index contributed by atoms with van der Waals surface area (Å²) in [5.74, 6) is 1.40. The van der Waals surface area contributed by atoms with Gasteiger partial charge in [-0.3, -0.25) is 4.79 Å². The Morgan fingerprint density at radius 3 is 2.87 bits per heavy atom. The summed E-state index contributed by atoms with van der Waals surface area (Å²) in [6, 6.07) is 0. The van der Waals surface area contributed by atoms with E-state index >= 15 is 0 Å². The quantitative estimate of drug-likeness (QED) is 0.685. The van der Waals surface area contributed by atoms with E-state index in [1.165, 1.54) is 44.1 Å². The molecule has 2 aliphatic rings. The molecular weight excluding hydrogens is 184 g/mol. The molecule has 0 spiro atoms. The van der Waals surface area contributed by atoms with Crippen LogP contribution in [0.15, 0.2) is 11.1 Å². The fourth-order valence-corrected chi connectivity index (χ4v) is 3.22. The van der Waals surface area contributed by atoms with E-state index in [0.29, 0.717) is 17.6 Å². The van der Waals surface area contributed by atoms with Gasteiger partial charge in [0.25, 0.3) is 0 Å². The molecule has 2 atom stereocenters. The zero-order chi connectivity index (χ0) is 10.8. The zero-order valence-electron chi connectivity index (χ0n) is 10.0. The summed E-state index contributed by atoms with van der Waals surface area (Å²) in [7, 11) is 0. The van der Waals surface area contributed by atoms with Crippen LogP contribution in [0.4, 0.5) is 0 Å². The first-order chi connectivity index (χ1) is 7.25. The molecule has 2 aliphatic carbocycles. The summed E-state index contributed by atoms with van der Waals surface area (Å²) in [5, 5.41) is 0. The van der Waals surface area contributed by atoms with Gasteiger partial charge in [-0.05, 0) is 43.6 Å². The first-order valence-electron chi connectivity index (χ1n) is 6.51. The second-order valence-corrected chi connectivity index (χ2v) is 5.11. The topological polar surface area (TPSA) is 17.1 Å². The zero-order valence-corrected chi connectivity index (χ0v) is 10.0. The first-order valence-corrected chi connectivity index (χ1v) is 6.51. The summed E-state index contributed by atoms with van der Waals surface area (Å²) in [6.45, 7) is 4.34. The molecule has 2 rings (SSSR count). The van der Waals surface area contributed by atoms with Gasteiger partial charge in [-0.1, -0.05) is 32.3 Å². The number of Topliss-reactive ketones (excluding diaryl/α,β-unsaturated/α-hetero) is 1. The minimum atomic E-state index is 0.298. The molecule has 0 saturated heterocycles. The van der Waals surface area contributed by atoms with Crippen LogP contribution < -0.4 is 0 Å². The standard InChI is InChI=1S/C14H22O/c1-3-4-7-13-12-9-6-5-8-11(12)10(2)14(13)15/h10-11H,3-9H2,1-2H3. The van der Waals surface area contributed by atoms with Crippen LogP contribution in [0.5, 0.6) is 0 Å². The monoisotopic (exact) mass is 206 g/mol. The molecule has 1 nitrogen and oxygen atoms in total. The van der Waals surface area contributed by atoms with Crippen molar-refractivity contribution in [1.82, 2.24) is 0 Å². The number of ketones is 1. The molecule has 1 saturated carbocycles. The highest BCUT2D eigenvalue weighted by atomic mass is 16.1. The summed E-state index contributed by atoms with van der Waals surface area (Å²) in [4.78, 5) is 12.1. The van der Waals surface area contributed by atoms with Crippen molar-refractivity contribution in [3.05, 3.63) is 11.1 Å². The van der Waals surface area contributed by atoms with Crippen molar-refractivity contribution in [1.29, 1.82) is 0 Å². The van der Waals surface area contributed by atoms with Gasteiger partial charge >= 0.3 is 0 Å². The molecule has 84 valence electrons. The van der Waals surface area contributed by atoms with Gasteiger partial charge in [0.2, 0.25) is 0 Å². The molecule has 0 aromatic carbocycles. The second-order valence-electron chi connectivity index (χ2n) is 5.11. The highest BCUT2D eigenvalue weighted by Gasteiger charge is 2.38. The lowest BCUT2D eigenvalue weighted by atomic mass is 9.81. The van der Waals surface area contributed by atoms with Crippen molar-refractivity contribution >= 4 is 5.78 Å². The number of fused-ring (bicyclic) bond motifs is 1. The van der Waals surface area contributed by atoms with Crippen LogP contribution in [0.2, 0.25) is 0 Å². The number of unbranched alkanes of at least 4 members (excludes halogenated alkanes) is 1. The maximum Gasteiger partial charge on any atom is 0.162 e. The van der Waals surface area contributed by atoms with Gasteiger partial charge in [-0.2, -0.15) is 0 Å². The third-order valence-electron chi connectivity index (χ3n) is 4.14. The molecule has 0 radical (unpaired) electrons. The number of carbonyl (C=O) groups excluding carboxylic acids is 1. The predicted molar refractivity (Wildman–Crippen MR) is 62.7 cm³/mol. The molecule has 0 amide bonds. The Morgan fingerprint density at radius 2 is 2.13 bits per heavy atom. The van der Waals surface area contributed by atoms with E-state index in [2.05, 4.69) is 13.8 Å². The Bertz CT molecular complexity index is 288. The van der Waals surface area contributed by atoms with Gasteiger partial charge in [0.15, 0.2) is 5.78 Å². The lowest BCUT2D eigenvalue weighted by Crippen LogP contribution is -2.16. The second kappa shape index (κ2) is 4.51. The van der Waals surface area contributed by atoms with Crippen LogP contribution in [0.25, 0.3) is 0 Å². The van der Waals surface area contributed by atoms with Crippen molar-refractivity contribution in [2.45, 2.75) is 58.8 Å². The van der Waals surface area contributed by atoms with Crippen LogP contribution in [-0.4, -0.2) is 5.78 Å². The van der Waals surface area contributed by atoms with E-state index in [9.17, 15) is 4.79 Å². The van der Waals surface area contributed by atoms with Gasteiger partial charge < -0.3 is 0 Å².